The van der Waals surface area contributed by atoms with Gasteiger partial charge in [0.25, 0.3) is 0 Å². The maximum absolute atomic E-state index is 12.9. The van der Waals surface area contributed by atoms with Crippen LogP contribution in [0.2, 0.25) is 0 Å². The van der Waals surface area contributed by atoms with Gasteiger partial charge in [-0.2, -0.15) is 0 Å². The number of rotatable bonds is 60. The third-order valence-electron chi connectivity index (χ3n) is 14.0. The topological polar surface area (TPSA) is 78.9 Å². The van der Waals surface area contributed by atoms with Crippen molar-refractivity contribution in [1.82, 2.24) is 0 Å². The van der Waals surface area contributed by atoms with Gasteiger partial charge in [-0.25, -0.2) is 0 Å². The lowest BCUT2D eigenvalue weighted by Crippen LogP contribution is -2.30. The Balaban J connectivity index is 4.50. The molecule has 0 aromatic heterocycles. The van der Waals surface area contributed by atoms with Crippen molar-refractivity contribution >= 4 is 17.9 Å². The van der Waals surface area contributed by atoms with Gasteiger partial charge in [0, 0.05) is 19.3 Å². The first-order valence-electron chi connectivity index (χ1n) is 34.0. The summed E-state index contributed by atoms with van der Waals surface area (Å²) in [5.41, 5.74) is 0. The van der Waals surface area contributed by atoms with Gasteiger partial charge in [0.1, 0.15) is 13.2 Å². The molecule has 0 spiro atoms. The Morgan fingerprint density at radius 3 is 0.807 bits per heavy atom. The van der Waals surface area contributed by atoms with Crippen LogP contribution < -0.4 is 0 Å². The Bertz CT molecular complexity index is 1840. The summed E-state index contributed by atoms with van der Waals surface area (Å²) in [6.45, 7) is 6.30. The number of ether oxygens (including phenoxy) is 3. The number of hydrogen-bond donors (Lipinski definition) is 0. The van der Waals surface area contributed by atoms with Crippen LogP contribution in [0.1, 0.15) is 290 Å². The Morgan fingerprint density at radius 2 is 0.494 bits per heavy atom. The molecule has 0 radical (unpaired) electrons. The average Bonchev–Trinajstić information content (AvgIpc) is 3.50. The summed E-state index contributed by atoms with van der Waals surface area (Å²) in [5.74, 6) is -1.11. The minimum Gasteiger partial charge on any atom is -0.462 e. The minimum atomic E-state index is -0.858. The zero-order chi connectivity index (χ0) is 59.9. The third kappa shape index (κ3) is 67.7. The lowest BCUT2D eigenvalue weighted by molar-refractivity contribution is -0.166. The second kappa shape index (κ2) is 69.5. The average molecular weight is 1150 g/mol. The number of unbranched alkanes of at least 4 members (excludes halogenated alkanes) is 23. The fourth-order valence-electron chi connectivity index (χ4n) is 9.02. The van der Waals surface area contributed by atoms with Gasteiger partial charge >= 0.3 is 17.9 Å². The van der Waals surface area contributed by atoms with Crippen molar-refractivity contribution in [2.45, 2.75) is 297 Å². The van der Waals surface area contributed by atoms with Crippen molar-refractivity contribution in [3.8, 4) is 0 Å². The molecule has 0 aromatic rings. The summed E-state index contributed by atoms with van der Waals surface area (Å²) < 4.78 is 16.8. The number of allylic oxidation sites excluding steroid dienone is 26. The lowest BCUT2D eigenvalue weighted by atomic mass is 10.0. The summed E-state index contributed by atoms with van der Waals surface area (Å²) in [6.07, 6.45) is 102. The van der Waals surface area contributed by atoms with Crippen molar-refractivity contribution < 1.29 is 28.6 Å². The molecule has 0 rings (SSSR count). The van der Waals surface area contributed by atoms with Crippen molar-refractivity contribution in [2.24, 2.45) is 0 Å². The highest BCUT2D eigenvalue weighted by Crippen LogP contribution is 2.16. The molecule has 0 saturated heterocycles. The van der Waals surface area contributed by atoms with E-state index in [1.165, 1.54) is 141 Å². The molecule has 0 fully saturated rings. The van der Waals surface area contributed by atoms with E-state index in [-0.39, 0.29) is 38.0 Å². The fourth-order valence-corrected chi connectivity index (χ4v) is 9.02. The third-order valence-corrected chi connectivity index (χ3v) is 14.0. The van der Waals surface area contributed by atoms with Gasteiger partial charge in [0.05, 0.1) is 0 Å². The van der Waals surface area contributed by atoms with Crippen LogP contribution in [-0.4, -0.2) is 37.2 Å². The first-order chi connectivity index (χ1) is 41.0. The fraction of sp³-hybridized carbons (Fsp3) is 0.623. The number of hydrogen-bond acceptors (Lipinski definition) is 6. The molecule has 83 heavy (non-hydrogen) atoms. The molecule has 0 saturated carbocycles. The lowest BCUT2D eigenvalue weighted by Gasteiger charge is -2.18. The van der Waals surface area contributed by atoms with E-state index in [0.717, 1.165) is 96.3 Å². The van der Waals surface area contributed by atoms with Gasteiger partial charge in [-0.05, 0) is 122 Å². The molecule has 468 valence electrons. The molecule has 0 bridgehead atoms. The first kappa shape index (κ1) is 78.0. The van der Waals surface area contributed by atoms with Gasteiger partial charge < -0.3 is 14.2 Å². The second-order valence-electron chi connectivity index (χ2n) is 22.0. The van der Waals surface area contributed by atoms with Gasteiger partial charge in [-0.3, -0.25) is 14.4 Å². The zero-order valence-corrected chi connectivity index (χ0v) is 53.7. The first-order valence-corrected chi connectivity index (χ1v) is 34.0. The van der Waals surface area contributed by atoms with Crippen molar-refractivity contribution in [3.05, 3.63) is 158 Å². The van der Waals surface area contributed by atoms with Crippen molar-refractivity contribution in [2.75, 3.05) is 13.2 Å². The van der Waals surface area contributed by atoms with E-state index in [0.29, 0.717) is 19.3 Å². The van der Waals surface area contributed by atoms with Gasteiger partial charge in [0.15, 0.2) is 6.10 Å². The highest BCUT2D eigenvalue weighted by atomic mass is 16.6. The Labute approximate surface area is 511 Å². The van der Waals surface area contributed by atoms with Crippen LogP contribution in [0.5, 0.6) is 0 Å². The molecule has 0 aliphatic heterocycles. The van der Waals surface area contributed by atoms with E-state index in [9.17, 15) is 14.4 Å². The monoisotopic (exact) mass is 1140 g/mol. The second-order valence-corrected chi connectivity index (χ2v) is 22.0. The Kier molecular flexibility index (Phi) is 65.4. The molecule has 6 nitrogen and oxygen atoms in total. The summed E-state index contributed by atoms with van der Waals surface area (Å²) >= 11 is 0. The van der Waals surface area contributed by atoms with Gasteiger partial charge in [-0.15, -0.1) is 0 Å². The molecule has 1 atom stereocenters. The van der Waals surface area contributed by atoms with Gasteiger partial charge in [-0.1, -0.05) is 307 Å². The Hall–Kier alpha value is -4.97. The van der Waals surface area contributed by atoms with E-state index in [1.807, 2.05) is 24.3 Å². The minimum absolute atomic E-state index is 0.137. The Morgan fingerprint density at radius 1 is 0.253 bits per heavy atom. The number of carbonyl (C=O) groups excluding carboxylic acids is 3. The van der Waals surface area contributed by atoms with Crippen molar-refractivity contribution in [3.63, 3.8) is 0 Å². The van der Waals surface area contributed by atoms with E-state index >= 15 is 0 Å². The molecule has 1 unspecified atom stereocenters. The van der Waals surface area contributed by atoms with E-state index < -0.39 is 12.1 Å². The maximum Gasteiger partial charge on any atom is 0.306 e. The summed E-state index contributed by atoms with van der Waals surface area (Å²) in [6, 6.07) is 0. The van der Waals surface area contributed by atoms with E-state index in [1.54, 1.807) is 0 Å². The molecular formula is C77H124O6. The molecule has 0 aliphatic carbocycles. The highest BCUT2D eigenvalue weighted by molar-refractivity contribution is 5.71. The van der Waals surface area contributed by atoms with Crippen LogP contribution in [0.4, 0.5) is 0 Å². The van der Waals surface area contributed by atoms with Crippen LogP contribution in [0.15, 0.2) is 158 Å². The number of esters is 3. The quantitative estimate of drug-likeness (QED) is 0.0261. The summed E-state index contributed by atoms with van der Waals surface area (Å²) in [7, 11) is 0. The SMILES string of the molecule is CC/C=C\C/C=C\C/C=C\C/C=C\C/C=C\C/C=C\CCC(=O)OCC(COC(=O)CCCCCCCCCCCCCCCCC/C=C\CCCCCCCCCC)OC(=O)CC/C=C\C/C=C\C/C=C\C/C=C\C/C=C\C/C=C\CC. The summed E-state index contributed by atoms with van der Waals surface area (Å²) in [4.78, 5) is 38.3. The molecule has 0 heterocycles. The smallest absolute Gasteiger partial charge is 0.306 e. The van der Waals surface area contributed by atoms with E-state index in [4.69, 9.17) is 14.2 Å². The number of carbonyl (C=O) groups is 3. The standard InChI is InChI=1S/C77H124O6/c1-4-7-10-13-16-19-22-25-28-31-34-35-36-37-38-39-40-41-44-46-49-52-55-58-61-64-67-70-76(79)82-73-74(83-77(80)71-68-65-62-59-56-53-50-47-43-33-30-27-24-21-18-15-12-9-6-3)72-81-75(78)69-66-63-60-57-54-51-48-45-42-32-29-26-23-20-17-14-11-8-5-2/h8-9,11-12,17-18,20-21,26-27,29-31,34,42-43,45,47,51,53-54,56,60,62-63,65,74H,4-7,10,13-16,19,22-25,28,32-33,35-41,44,46,48-50,52,55,57-59,61,64,66-73H2,1-3H3/b11-8-,12-9-,20-17-,21-18-,29-26-,30-27-,34-31-,45-42-,47-43-,54-51-,56-53-,63-60-,65-62-. The van der Waals surface area contributed by atoms with Crippen LogP contribution in [-0.2, 0) is 28.6 Å². The molecule has 0 aliphatic rings. The zero-order valence-electron chi connectivity index (χ0n) is 53.7. The van der Waals surface area contributed by atoms with Gasteiger partial charge in [0.2, 0.25) is 0 Å². The predicted molar refractivity (Wildman–Crippen MR) is 362 cm³/mol. The largest absolute Gasteiger partial charge is 0.462 e. The van der Waals surface area contributed by atoms with Crippen LogP contribution in [0.3, 0.4) is 0 Å². The van der Waals surface area contributed by atoms with E-state index in [2.05, 4.69) is 154 Å². The van der Waals surface area contributed by atoms with Crippen LogP contribution in [0, 0.1) is 0 Å². The maximum atomic E-state index is 12.9. The normalized spacial score (nSPS) is 13.1. The predicted octanol–water partition coefficient (Wildman–Crippen LogP) is 23.7. The van der Waals surface area contributed by atoms with Crippen molar-refractivity contribution in [1.29, 1.82) is 0 Å². The molecule has 0 aromatic carbocycles. The highest BCUT2D eigenvalue weighted by Gasteiger charge is 2.19. The molecule has 6 heteroatoms. The molecular weight excluding hydrogens is 1020 g/mol. The van der Waals surface area contributed by atoms with Crippen LogP contribution >= 0.6 is 0 Å². The summed E-state index contributed by atoms with van der Waals surface area (Å²) in [5, 5.41) is 0. The molecule has 0 amide bonds. The van der Waals surface area contributed by atoms with Crippen LogP contribution in [0.25, 0.3) is 0 Å². The molecule has 0 N–H and O–H groups in total.